The molecular weight excluding hydrogens is 526 g/mol. The van der Waals surface area contributed by atoms with Gasteiger partial charge < -0.3 is 15.1 Å². The number of rotatable bonds is 8. The Morgan fingerprint density at radius 2 is 1.84 bits per heavy atom. The number of halogens is 4. The maximum Gasteiger partial charge on any atom is 0.254 e. The van der Waals surface area contributed by atoms with E-state index in [-0.39, 0.29) is 60.7 Å². The first-order valence-corrected chi connectivity index (χ1v) is 10.8. The zero-order valence-electron chi connectivity index (χ0n) is 16.5. The number of benzene rings is 2. The second kappa shape index (κ2) is 10.1. The van der Waals surface area contributed by atoms with Gasteiger partial charge in [0, 0.05) is 53.0 Å². The molecule has 1 fully saturated rings. The molecule has 3 rings (SSSR count). The summed E-state index contributed by atoms with van der Waals surface area (Å²) in [6, 6.07) is 6.45. The number of hydrogen-bond donors (Lipinski definition) is 2. The number of Topliss-reactive ketones (excluding diaryl/α,β-unsaturated/α-hetero) is 1. The maximum absolute atomic E-state index is 14.5. The van der Waals surface area contributed by atoms with Crippen molar-refractivity contribution in [3.05, 3.63) is 68.0 Å². The summed E-state index contributed by atoms with van der Waals surface area (Å²) in [6.07, 6.45) is -1.38. The van der Waals surface area contributed by atoms with Crippen LogP contribution in [-0.2, 0) is 11.2 Å². The molecule has 2 N–H and O–H groups in total. The van der Waals surface area contributed by atoms with Crippen molar-refractivity contribution in [3.63, 3.8) is 0 Å². The topological polar surface area (TPSA) is 77.8 Å². The summed E-state index contributed by atoms with van der Waals surface area (Å²) in [6.45, 7) is 0.0212. The molecule has 0 saturated carbocycles. The van der Waals surface area contributed by atoms with Gasteiger partial charge in [-0.05, 0) is 52.4 Å². The van der Waals surface area contributed by atoms with E-state index in [1.807, 2.05) is 22.6 Å². The summed E-state index contributed by atoms with van der Waals surface area (Å²) in [4.78, 5) is 26.2. The Labute approximate surface area is 191 Å². The van der Waals surface area contributed by atoms with Gasteiger partial charge in [-0.15, -0.1) is 0 Å². The molecule has 0 aromatic heterocycles. The molecule has 0 spiro atoms. The van der Waals surface area contributed by atoms with Crippen LogP contribution in [0.4, 0.5) is 13.2 Å². The first-order valence-electron chi connectivity index (χ1n) is 9.70. The van der Waals surface area contributed by atoms with E-state index >= 15 is 0 Å². The van der Waals surface area contributed by atoms with Gasteiger partial charge in [-0.1, -0.05) is 6.07 Å². The molecule has 166 valence electrons. The fourth-order valence-corrected chi connectivity index (χ4v) is 4.04. The van der Waals surface area contributed by atoms with Crippen LogP contribution in [0.25, 0.3) is 0 Å². The number of aliphatic hydroxyl groups is 2. The number of carbonyl (C=O) groups excluding carboxylic acids is 2. The maximum atomic E-state index is 14.5. The van der Waals surface area contributed by atoms with Crippen LogP contribution in [0.1, 0.15) is 34.3 Å². The van der Waals surface area contributed by atoms with E-state index in [0.29, 0.717) is 3.57 Å². The lowest BCUT2D eigenvalue weighted by molar-refractivity contribution is -0.123. The van der Waals surface area contributed by atoms with E-state index in [0.717, 1.165) is 6.07 Å². The van der Waals surface area contributed by atoms with Crippen molar-refractivity contribution in [1.82, 2.24) is 4.90 Å². The number of hydrogen-bond acceptors (Lipinski definition) is 4. The minimum Gasteiger partial charge on any atom is -0.394 e. The summed E-state index contributed by atoms with van der Waals surface area (Å²) in [7, 11) is 0. The SMILES string of the molecule is O=C(CC(O)CO)CC1CN(C(=O)c2ccc(F)c(F)c2Cc2ccc(I)cc2F)C1. The molecule has 0 radical (unpaired) electrons. The molecule has 1 aliphatic rings. The predicted molar refractivity (Wildman–Crippen MR) is 115 cm³/mol. The Morgan fingerprint density at radius 3 is 2.48 bits per heavy atom. The molecule has 1 amide bonds. The first-order chi connectivity index (χ1) is 14.7. The van der Waals surface area contributed by atoms with Crippen molar-refractivity contribution in [2.75, 3.05) is 19.7 Å². The van der Waals surface area contributed by atoms with Gasteiger partial charge in [0.2, 0.25) is 0 Å². The smallest absolute Gasteiger partial charge is 0.254 e. The van der Waals surface area contributed by atoms with Crippen LogP contribution >= 0.6 is 22.6 Å². The summed E-state index contributed by atoms with van der Waals surface area (Å²) in [5.74, 6) is -3.72. The third-order valence-corrected chi connectivity index (χ3v) is 5.91. The third-order valence-electron chi connectivity index (χ3n) is 5.24. The van der Waals surface area contributed by atoms with Gasteiger partial charge in [-0.25, -0.2) is 13.2 Å². The van der Waals surface area contributed by atoms with Crippen molar-refractivity contribution < 1.29 is 33.0 Å². The summed E-state index contributed by atoms with van der Waals surface area (Å²) < 4.78 is 43.3. The Bertz CT molecular complexity index is 995. The minimum atomic E-state index is -1.19. The number of ketones is 1. The van der Waals surface area contributed by atoms with E-state index in [9.17, 15) is 27.9 Å². The van der Waals surface area contributed by atoms with Crippen molar-refractivity contribution in [3.8, 4) is 0 Å². The zero-order valence-corrected chi connectivity index (χ0v) is 18.6. The van der Waals surface area contributed by atoms with Gasteiger partial charge >= 0.3 is 0 Å². The molecule has 5 nitrogen and oxygen atoms in total. The third kappa shape index (κ3) is 5.64. The quantitative estimate of drug-likeness (QED) is 0.499. The van der Waals surface area contributed by atoms with Crippen molar-refractivity contribution in [1.29, 1.82) is 0 Å². The molecule has 1 aliphatic heterocycles. The van der Waals surface area contributed by atoms with Crippen LogP contribution in [0.2, 0.25) is 0 Å². The van der Waals surface area contributed by atoms with Crippen LogP contribution in [0, 0.1) is 26.9 Å². The van der Waals surface area contributed by atoms with Gasteiger partial charge in [0.15, 0.2) is 11.6 Å². The Kier molecular flexibility index (Phi) is 7.71. The molecule has 9 heteroatoms. The molecule has 0 aliphatic carbocycles. The largest absolute Gasteiger partial charge is 0.394 e. The molecule has 1 saturated heterocycles. The van der Waals surface area contributed by atoms with Crippen LogP contribution < -0.4 is 0 Å². The molecule has 1 unspecified atom stereocenters. The highest BCUT2D eigenvalue weighted by Crippen LogP contribution is 2.27. The number of nitrogens with zero attached hydrogens (tertiary/aromatic N) is 1. The molecule has 2 aromatic carbocycles. The lowest BCUT2D eigenvalue weighted by Gasteiger charge is -2.39. The van der Waals surface area contributed by atoms with E-state index in [1.165, 1.54) is 23.1 Å². The number of amides is 1. The molecule has 1 atom stereocenters. The number of aliphatic hydroxyl groups excluding tert-OH is 2. The van der Waals surface area contributed by atoms with Crippen LogP contribution in [0.3, 0.4) is 0 Å². The molecule has 0 bridgehead atoms. The monoisotopic (exact) mass is 547 g/mol. The summed E-state index contributed by atoms with van der Waals surface area (Å²) in [5.41, 5.74) is -0.110. The molecule has 31 heavy (non-hydrogen) atoms. The number of carbonyl (C=O) groups is 2. The van der Waals surface area contributed by atoms with Gasteiger partial charge in [-0.2, -0.15) is 0 Å². The first kappa shape index (κ1) is 23.7. The highest BCUT2D eigenvalue weighted by atomic mass is 127. The van der Waals surface area contributed by atoms with Gasteiger partial charge in [0.25, 0.3) is 5.91 Å². The average Bonchev–Trinajstić information content (AvgIpc) is 2.69. The number of likely N-dealkylation sites (tertiary alicyclic amines) is 1. The highest BCUT2D eigenvalue weighted by molar-refractivity contribution is 14.1. The minimum absolute atomic E-state index is 0.0441. The fraction of sp³-hybridized carbons (Fsp3) is 0.364. The highest BCUT2D eigenvalue weighted by Gasteiger charge is 2.34. The predicted octanol–water partition coefficient (Wildman–Crippen LogP) is 3.07. The Morgan fingerprint density at radius 1 is 1.13 bits per heavy atom. The summed E-state index contributed by atoms with van der Waals surface area (Å²) >= 11 is 1.94. The van der Waals surface area contributed by atoms with Crippen LogP contribution in [-0.4, -0.2) is 52.6 Å². The standard InChI is InChI=1S/C22H21F3INO4/c23-19-4-3-17(18(21(19)25)6-13-1-2-14(26)7-20(13)24)22(31)27-9-12(10-27)5-15(29)8-16(30)11-28/h1-4,7,12,16,28,30H,5-6,8-11H2. The lowest BCUT2D eigenvalue weighted by atomic mass is 9.90. The average molecular weight is 547 g/mol. The van der Waals surface area contributed by atoms with Crippen molar-refractivity contribution in [2.45, 2.75) is 25.4 Å². The van der Waals surface area contributed by atoms with Crippen LogP contribution in [0.5, 0.6) is 0 Å². The Hall–Kier alpha value is -1.98. The van der Waals surface area contributed by atoms with E-state index in [2.05, 4.69) is 0 Å². The van der Waals surface area contributed by atoms with E-state index < -0.39 is 36.1 Å². The second-order valence-corrected chi connectivity index (χ2v) is 8.91. The summed E-state index contributed by atoms with van der Waals surface area (Å²) in [5, 5.41) is 18.1. The molecule has 1 heterocycles. The van der Waals surface area contributed by atoms with E-state index in [4.69, 9.17) is 5.11 Å². The Balaban J connectivity index is 1.72. The van der Waals surface area contributed by atoms with Crippen LogP contribution in [0.15, 0.2) is 30.3 Å². The van der Waals surface area contributed by atoms with Gasteiger partial charge in [0.05, 0.1) is 12.7 Å². The molecular formula is C22H21F3INO4. The van der Waals surface area contributed by atoms with Crippen molar-refractivity contribution in [2.24, 2.45) is 5.92 Å². The zero-order chi connectivity index (χ0) is 22.7. The lowest BCUT2D eigenvalue weighted by Crippen LogP contribution is -2.51. The molecule has 2 aromatic rings. The van der Waals surface area contributed by atoms with E-state index in [1.54, 1.807) is 6.07 Å². The van der Waals surface area contributed by atoms with Crippen molar-refractivity contribution >= 4 is 34.3 Å². The van der Waals surface area contributed by atoms with Gasteiger partial charge in [0.1, 0.15) is 11.6 Å². The van der Waals surface area contributed by atoms with Gasteiger partial charge in [-0.3, -0.25) is 9.59 Å². The second-order valence-electron chi connectivity index (χ2n) is 7.66. The normalized spacial score (nSPS) is 15.0. The fourth-order valence-electron chi connectivity index (χ4n) is 3.59.